The number of aromatic nitrogens is 3. The van der Waals surface area contributed by atoms with Crippen LogP contribution in [0.5, 0.6) is 11.8 Å². The number of hydrogen-bond donors (Lipinski definition) is 2. The van der Waals surface area contributed by atoms with Crippen molar-refractivity contribution >= 4 is 45.1 Å². The molecule has 0 spiro atoms. The third-order valence-corrected chi connectivity index (χ3v) is 6.25. The Kier molecular flexibility index (Phi) is 5.63. The number of benzene rings is 1. The summed E-state index contributed by atoms with van der Waals surface area (Å²) >= 11 is 6.24. The number of carbonyl (C=O) groups excluding carboxylic acids is 1. The maximum atomic E-state index is 12.5. The van der Waals surface area contributed by atoms with Gasteiger partial charge in [0.15, 0.2) is 0 Å². The Morgan fingerprint density at radius 3 is 2.86 bits per heavy atom. The highest BCUT2D eigenvalue weighted by Gasteiger charge is 2.26. The molecule has 2 N–H and O–H groups in total. The smallest absolute Gasteiger partial charge is 0.289 e. The molecular formula is C24H23ClN6O4. The lowest BCUT2D eigenvalue weighted by molar-refractivity contribution is 0.0330. The first-order chi connectivity index (χ1) is 17.0. The van der Waals surface area contributed by atoms with Crippen LogP contribution in [0.4, 0.5) is 5.69 Å². The molecule has 10 nitrogen and oxygen atoms in total. The van der Waals surface area contributed by atoms with E-state index in [-0.39, 0.29) is 17.7 Å². The van der Waals surface area contributed by atoms with E-state index >= 15 is 0 Å². The van der Waals surface area contributed by atoms with Gasteiger partial charge in [0.05, 0.1) is 36.3 Å². The van der Waals surface area contributed by atoms with E-state index in [0.717, 1.165) is 23.9 Å². The van der Waals surface area contributed by atoms with Gasteiger partial charge < -0.3 is 24.5 Å². The molecule has 1 saturated heterocycles. The van der Waals surface area contributed by atoms with Crippen molar-refractivity contribution in [2.45, 2.75) is 19.5 Å². The van der Waals surface area contributed by atoms with E-state index in [1.807, 2.05) is 25.1 Å². The highest BCUT2D eigenvalue weighted by Crippen LogP contribution is 2.37. The number of rotatable bonds is 4. The lowest BCUT2D eigenvalue weighted by Crippen LogP contribution is -2.36. The minimum atomic E-state index is -0.233. The summed E-state index contributed by atoms with van der Waals surface area (Å²) in [5.74, 6) is 1.32. The molecule has 1 atom stereocenters. The molecule has 2 aliphatic heterocycles. The van der Waals surface area contributed by atoms with Crippen LogP contribution in [0.25, 0.3) is 21.9 Å². The number of nitrogens with one attached hydrogen (secondary N) is 2. The number of fused-ring (bicyclic) bond motifs is 5. The van der Waals surface area contributed by atoms with E-state index in [0.29, 0.717) is 65.8 Å². The van der Waals surface area contributed by atoms with E-state index < -0.39 is 0 Å². The molecule has 0 saturated carbocycles. The Morgan fingerprint density at radius 1 is 1.14 bits per heavy atom. The predicted molar refractivity (Wildman–Crippen MR) is 130 cm³/mol. The Hall–Kier alpha value is -3.47. The molecule has 1 unspecified atom stereocenters. The fourth-order valence-corrected chi connectivity index (χ4v) is 4.59. The van der Waals surface area contributed by atoms with Crippen molar-refractivity contribution in [2.24, 2.45) is 0 Å². The number of halogens is 1. The van der Waals surface area contributed by atoms with Crippen LogP contribution in [0.1, 0.15) is 23.3 Å². The molecule has 6 rings (SSSR count). The van der Waals surface area contributed by atoms with E-state index in [2.05, 4.69) is 30.5 Å². The second-order valence-electron chi connectivity index (χ2n) is 8.65. The first kappa shape index (κ1) is 22.0. The van der Waals surface area contributed by atoms with E-state index in [1.54, 1.807) is 12.1 Å². The van der Waals surface area contributed by atoms with Crippen molar-refractivity contribution in [3.05, 3.63) is 47.1 Å². The number of hydrogen-bond acceptors (Lipinski definition) is 9. The fraction of sp³-hybridized carbons (Fsp3) is 0.333. The second-order valence-corrected chi connectivity index (χ2v) is 9.04. The van der Waals surface area contributed by atoms with E-state index in [4.69, 9.17) is 25.5 Å². The molecule has 1 fully saturated rings. The SMILES string of the molecule is CC1CNc2c(oc3ccc4nc(Oc5cc(Cl)nc(CN6CCOCC6)n5)ccc4c23)C(=O)N1. The average molecular weight is 495 g/mol. The molecule has 2 aliphatic rings. The van der Waals surface area contributed by atoms with Crippen molar-refractivity contribution in [3.8, 4) is 11.8 Å². The monoisotopic (exact) mass is 494 g/mol. The first-order valence-corrected chi connectivity index (χ1v) is 11.8. The number of anilines is 1. The zero-order valence-electron chi connectivity index (χ0n) is 19.0. The van der Waals surface area contributed by atoms with Gasteiger partial charge in [-0.25, -0.2) is 9.97 Å². The highest BCUT2D eigenvalue weighted by molar-refractivity contribution is 6.29. The maximum Gasteiger partial charge on any atom is 0.289 e. The van der Waals surface area contributed by atoms with Crippen LogP contribution in [0, 0.1) is 0 Å². The number of pyridine rings is 1. The first-order valence-electron chi connectivity index (χ1n) is 11.5. The van der Waals surface area contributed by atoms with Crippen LogP contribution in [0.2, 0.25) is 5.15 Å². The van der Waals surface area contributed by atoms with Gasteiger partial charge in [-0.3, -0.25) is 9.69 Å². The van der Waals surface area contributed by atoms with E-state index in [9.17, 15) is 4.79 Å². The molecule has 3 aromatic heterocycles. The summed E-state index contributed by atoms with van der Waals surface area (Å²) in [6.07, 6.45) is 0. The average Bonchev–Trinajstić information content (AvgIpc) is 3.15. The molecule has 5 heterocycles. The largest absolute Gasteiger partial charge is 0.449 e. The Morgan fingerprint density at radius 2 is 2.00 bits per heavy atom. The minimum Gasteiger partial charge on any atom is -0.449 e. The van der Waals surface area contributed by atoms with Crippen molar-refractivity contribution in [1.29, 1.82) is 0 Å². The predicted octanol–water partition coefficient (Wildman–Crippen LogP) is 3.59. The molecule has 0 radical (unpaired) electrons. The summed E-state index contributed by atoms with van der Waals surface area (Å²) in [4.78, 5) is 28.3. The Balaban J connectivity index is 1.31. The minimum absolute atomic E-state index is 0.0129. The zero-order valence-corrected chi connectivity index (χ0v) is 19.8. The lowest BCUT2D eigenvalue weighted by Gasteiger charge is -2.25. The van der Waals surface area contributed by atoms with Gasteiger partial charge in [0.2, 0.25) is 17.5 Å². The van der Waals surface area contributed by atoms with Crippen LogP contribution >= 0.6 is 11.6 Å². The number of ether oxygens (including phenoxy) is 2. The molecule has 1 amide bonds. The molecule has 0 bridgehead atoms. The summed E-state index contributed by atoms with van der Waals surface area (Å²) in [6.45, 7) is 6.12. The van der Waals surface area contributed by atoms with Crippen LogP contribution in [-0.2, 0) is 11.3 Å². The summed E-state index contributed by atoms with van der Waals surface area (Å²) in [7, 11) is 0. The quantitative estimate of drug-likeness (QED) is 0.410. The standard InChI is InChI=1S/C24H23ClN6O4/c1-13-11-26-22-21-14-2-5-19(28-15(14)3-4-16(21)34-23(22)24(32)27-13)35-20-10-17(25)29-18(30-20)12-31-6-8-33-9-7-31/h2-5,10,13,26H,6-9,11-12H2,1H3,(H,27,32). The van der Waals surface area contributed by atoms with Crippen molar-refractivity contribution in [3.63, 3.8) is 0 Å². The molecule has 0 aliphatic carbocycles. The maximum absolute atomic E-state index is 12.5. The summed E-state index contributed by atoms with van der Waals surface area (Å²) < 4.78 is 17.2. The van der Waals surface area contributed by atoms with Gasteiger partial charge in [0.1, 0.15) is 16.6 Å². The van der Waals surface area contributed by atoms with Gasteiger partial charge in [-0.05, 0) is 25.1 Å². The normalized spacial score (nSPS) is 18.7. The van der Waals surface area contributed by atoms with Gasteiger partial charge in [-0.1, -0.05) is 11.6 Å². The number of carbonyl (C=O) groups is 1. The van der Waals surface area contributed by atoms with Gasteiger partial charge in [0, 0.05) is 43.2 Å². The number of morpholine rings is 1. The lowest BCUT2D eigenvalue weighted by atomic mass is 10.1. The van der Waals surface area contributed by atoms with Gasteiger partial charge >= 0.3 is 0 Å². The Labute approximate surface area is 205 Å². The van der Waals surface area contributed by atoms with Gasteiger partial charge in [0.25, 0.3) is 5.91 Å². The Bertz CT molecular complexity index is 1430. The fourth-order valence-electron chi connectivity index (χ4n) is 4.40. The number of nitrogens with zero attached hydrogens (tertiary/aromatic N) is 4. The third-order valence-electron chi connectivity index (χ3n) is 6.06. The van der Waals surface area contributed by atoms with Crippen LogP contribution in [0.3, 0.4) is 0 Å². The molecule has 4 aromatic rings. The van der Waals surface area contributed by atoms with Crippen molar-refractivity contribution in [1.82, 2.24) is 25.2 Å². The van der Waals surface area contributed by atoms with E-state index in [1.165, 1.54) is 0 Å². The highest BCUT2D eigenvalue weighted by atomic mass is 35.5. The van der Waals surface area contributed by atoms with Gasteiger partial charge in [-0.2, -0.15) is 4.98 Å². The van der Waals surface area contributed by atoms with Crippen LogP contribution < -0.4 is 15.4 Å². The van der Waals surface area contributed by atoms with Crippen molar-refractivity contribution in [2.75, 3.05) is 38.2 Å². The van der Waals surface area contributed by atoms with Crippen LogP contribution in [-0.4, -0.2) is 64.6 Å². The molecule has 180 valence electrons. The zero-order chi connectivity index (χ0) is 23.9. The van der Waals surface area contributed by atoms with Gasteiger partial charge in [-0.15, -0.1) is 0 Å². The molecule has 35 heavy (non-hydrogen) atoms. The summed E-state index contributed by atoms with van der Waals surface area (Å²) in [5.41, 5.74) is 2.00. The van der Waals surface area contributed by atoms with Crippen LogP contribution in [0.15, 0.2) is 34.7 Å². The number of furan rings is 1. The summed E-state index contributed by atoms with van der Waals surface area (Å²) in [6, 6.07) is 8.87. The second kappa shape index (κ2) is 8.95. The van der Waals surface area contributed by atoms with Crippen molar-refractivity contribution < 1.29 is 18.7 Å². The molecular weight excluding hydrogens is 472 g/mol. The molecule has 1 aromatic carbocycles. The topological polar surface area (TPSA) is 115 Å². The molecule has 11 heteroatoms. The number of amides is 1. The summed E-state index contributed by atoms with van der Waals surface area (Å²) in [5, 5.41) is 8.23. The third kappa shape index (κ3) is 4.36.